The van der Waals surface area contributed by atoms with Gasteiger partial charge >= 0.3 is 0 Å². The highest BCUT2D eigenvalue weighted by Gasteiger charge is 2.14. The molecule has 0 N–H and O–H groups in total. The minimum atomic E-state index is 0.767. The maximum Gasteiger partial charge on any atom is 0.00814 e. The first-order chi connectivity index (χ1) is 6.65. The van der Waals surface area contributed by atoms with Gasteiger partial charge in [-0.2, -0.15) is 0 Å². The number of rotatable bonds is 3. The van der Waals surface area contributed by atoms with Crippen LogP contribution in [0, 0.1) is 12.8 Å². The van der Waals surface area contributed by atoms with Gasteiger partial charge in [0.05, 0.1) is 0 Å². The van der Waals surface area contributed by atoms with Gasteiger partial charge in [0.25, 0.3) is 0 Å². The molecule has 0 bridgehead atoms. The Kier molecular flexibility index (Phi) is 6.90. The van der Waals surface area contributed by atoms with Crippen molar-refractivity contribution in [2.75, 3.05) is 0 Å². The minimum Gasteiger partial charge on any atom is -0.145 e. The van der Waals surface area contributed by atoms with Crippen molar-refractivity contribution in [3.63, 3.8) is 0 Å². The van der Waals surface area contributed by atoms with Gasteiger partial charge in [0.2, 0.25) is 0 Å². The van der Waals surface area contributed by atoms with Crippen molar-refractivity contribution in [3.05, 3.63) is 21.9 Å². The summed E-state index contributed by atoms with van der Waals surface area (Å²) in [4.78, 5) is 2.99. The first kappa shape index (κ1) is 13.7. The number of thiophene rings is 1. The molecular formula is C13H24S. The molecule has 0 saturated carbocycles. The second-order valence-corrected chi connectivity index (χ2v) is 5.03. The molecule has 0 aromatic carbocycles. The zero-order valence-electron chi connectivity index (χ0n) is 10.4. The zero-order valence-corrected chi connectivity index (χ0v) is 11.2. The number of hydrogen-bond donors (Lipinski definition) is 0. The molecule has 0 aliphatic rings. The lowest BCUT2D eigenvalue weighted by Crippen LogP contribution is -2.02. The quantitative estimate of drug-likeness (QED) is 0.643. The Morgan fingerprint density at radius 2 is 1.79 bits per heavy atom. The number of hydrogen-bond acceptors (Lipinski definition) is 1. The van der Waals surface area contributed by atoms with E-state index in [0.717, 1.165) is 11.8 Å². The lowest BCUT2D eigenvalue weighted by molar-refractivity contribution is 0.492. The lowest BCUT2D eigenvalue weighted by atomic mass is 9.92. The van der Waals surface area contributed by atoms with E-state index in [1.165, 1.54) is 11.3 Å². The molecule has 0 saturated heterocycles. The smallest absolute Gasteiger partial charge is 0.00814 e. The maximum absolute atomic E-state index is 2.31. The molecule has 14 heavy (non-hydrogen) atoms. The Bertz CT molecular complexity index is 235. The molecule has 0 fully saturated rings. The normalized spacial score (nSPS) is 12.2. The Hall–Kier alpha value is -0.300. The summed E-state index contributed by atoms with van der Waals surface area (Å²) in [5.41, 5.74) is 0. The largest absolute Gasteiger partial charge is 0.145 e. The molecule has 1 aromatic heterocycles. The maximum atomic E-state index is 2.31. The van der Waals surface area contributed by atoms with Crippen molar-refractivity contribution >= 4 is 11.3 Å². The van der Waals surface area contributed by atoms with Crippen LogP contribution in [0.2, 0.25) is 0 Å². The fourth-order valence-electron chi connectivity index (χ4n) is 1.65. The van der Waals surface area contributed by atoms with E-state index in [1.807, 2.05) is 25.2 Å². The summed E-state index contributed by atoms with van der Waals surface area (Å²) in [7, 11) is 0. The zero-order chi connectivity index (χ0) is 11.1. The molecule has 0 amide bonds. The summed E-state index contributed by atoms with van der Waals surface area (Å²) in [6.07, 6.45) is 1.26. The average molecular weight is 212 g/mol. The van der Waals surface area contributed by atoms with Crippen molar-refractivity contribution in [2.45, 2.75) is 53.9 Å². The van der Waals surface area contributed by atoms with E-state index in [9.17, 15) is 0 Å². The van der Waals surface area contributed by atoms with E-state index in [0.29, 0.717) is 0 Å². The van der Waals surface area contributed by atoms with Gasteiger partial charge in [-0.3, -0.25) is 0 Å². The van der Waals surface area contributed by atoms with Crippen LogP contribution in [0.4, 0.5) is 0 Å². The second-order valence-electron chi connectivity index (χ2n) is 3.71. The molecule has 0 spiro atoms. The molecular weight excluding hydrogens is 188 g/mol. The summed E-state index contributed by atoms with van der Waals surface area (Å²) in [6.45, 7) is 13.1. The molecule has 0 aliphatic carbocycles. The van der Waals surface area contributed by atoms with Gasteiger partial charge in [-0.25, -0.2) is 0 Å². The highest BCUT2D eigenvalue weighted by molar-refractivity contribution is 7.12. The van der Waals surface area contributed by atoms with Gasteiger partial charge in [-0.15, -0.1) is 11.3 Å². The molecule has 0 radical (unpaired) electrons. The second kappa shape index (κ2) is 7.05. The molecule has 1 rings (SSSR count). The van der Waals surface area contributed by atoms with Crippen molar-refractivity contribution in [2.24, 2.45) is 5.92 Å². The lowest BCUT2D eigenvalue weighted by Gasteiger charge is -2.16. The van der Waals surface area contributed by atoms with Crippen LogP contribution in [0.5, 0.6) is 0 Å². The van der Waals surface area contributed by atoms with Crippen LogP contribution in [0.1, 0.15) is 56.7 Å². The summed E-state index contributed by atoms with van der Waals surface area (Å²) in [5.74, 6) is 1.54. The van der Waals surface area contributed by atoms with E-state index in [-0.39, 0.29) is 0 Å². The highest BCUT2D eigenvalue weighted by atomic mass is 32.1. The fourth-order valence-corrected chi connectivity index (χ4v) is 2.89. The SMILES string of the molecule is CC.CCC(c1ccc(C)s1)C(C)C. The van der Waals surface area contributed by atoms with Crippen LogP contribution in [-0.2, 0) is 0 Å². The van der Waals surface area contributed by atoms with Crippen molar-refractivity contribution in [1.82, 2.24) is 0 Å². The van der Waals surface area contributed by atoms with Gasteiger partial charge < -0.3 is 0 Å². The summed E-state index contributed by atoms with van der Waals surface area (Å²) < 4.78 is 0. The van der Waals surface area contributed by atoms with Crippen molar-refractivity contribution in [3.8, 4) is 0 Å². The molecule has 82 valence electrons. The molecule has 1 atom stereocenters. The van der Waals surface area contributed by atoms with Gasteiger partial charge in [0, 0.05) is 9.75 Å². The summed E-state index contributed by atoms with van der Waals surface area (Å²) >= 11 is 1.95. The standard InChI is InChI=1S/C11H18S.C2H6/c1-5-10(8(2)3)11-7-6-9(4)12-11;1-2/h6-8,10H,5H2,1-4H3;1-2H3. The first-order valence-corrected chi connectivity index (χ1v) is 6.53. The van der Waals surface area contributed by atoms with Crippen LogP contribution in [0.15, 0.2) is 12.1 Å². The highest BCUT2D eigenvalue weighted by Crippen LogP contribution is 2.32. The topological polar surface area (TPSA) is 0 Å². The first-order valence-electron chi connectivity index (χ1n) is 5.71. The predicted octanol–water partition coefficient (Wildman–Crippen LogP) is 5.23. The number of aryl methyl sites for hydroxylation is 1. The van der Waals surface area contributed by atoms with Crippen LogP contribution in [0.3, 0.4) is 0 Å². The third-order valence-electron chi connectivity index (χ3n) is 2.37. The third kappa shape index (κ3) is 3.83. The third-order valence-corrected chi connectivity index (χ3v) is 3.50. The Labute approximate surface area is 93.4 Å². The Balaban J connectivity index is 0.000000791. The Morgan fingerprint density at radius 1 is 1.21 bits per heavy atom. The van der Waals surface area contributed by atoms with Gasteiger partial charge in [0.15, 0.2) is 0 Å². The van der Waals surface area contributed by atoms with Gasteiger partial charge in [0.1, 0.15) is 0 Å². The fraction of sp³-hybridized carbons (Fsp3) is 0.692. The molecule has 1 heteroatoms. The monoisotopic (exact) mass is 212 g/mol. The predicted molar refractivity (Wildman–Crippen MR) is 68.3 cm³/mol. The average Bonchev–Trinajstić information content (AvgIpc) is 2.56. The molecule has 0 nitrogen and oxygen atoms in total. The van der Waals surface area contributed by atoms with Crippen LogP contribution in [-0.4, -0.2) is 0 Å². The van der Waals surface area contributed by atoms with Crippen molar-refractivity contribution in [1.29, 1.82) is 0 Å². The minimum absolute atomic E-state index is 0.767. The van der Waals surface area contributed by atoms with E-state index in [1.54, 1.807) is 4.88 Å². The van der Waals surface area contributed by atoms with Crippen LogP contribution in [0.25, 0.3) is 0 Å². The Morgan fingerprint density at radius 3 is 2.07 bits per heavy atom. The van der Waals surface area contributed by atoms with Crippen LogP contribution < -0.4 is 0 Å². The molecule has 1 aromatic rings. The molecule has 1 heterocycles. The van der Waals surface area contributed by atoms with Gasteiger partial charge in [-0.1, -0.05) is 34.6 Å². The summed E-state index contributed by atoms with van der Waals surface area (Å²) in [6, 6.07) is 4.51. The van der Waals surface area contributed by atoms with E-state index >= 15 is 0 Å². The van der Waals surface area contributed by atoms with Gasteiger partial charge in [-0.05, 0) is 37.3 Å². The molecule has 1 unspecified atom stereocenters. The van der Waals surface area contributed by atoms with Crippen molar-refractivity contribution < 1.29 is 0 Å². The molecule has 0 aliphatic heterocycles. The van der Waals surface area contributed by atoms with E-state index < -0.39 is 0 Å². The summed E-state index contributed by atoms with van der Waals surface area (Å²) in [5, 5.41) is 0. The van der Waals surface area contributed by atoms with Crippen LogP contribution >= 0.6 is 11.3 Å². The van der Waals surface area contributed by atoms with E-state index in [4.69, 9.17) is 0 Å². The van der Waals surface area contributed by atoms with E-state index in [2.05, 4.69) is 39.8 Å².